The maximum atomic E-state index is 5.88. The zero-order valence-corrected chi connectivity index (χ0v) is 11.6. The third kappa shape index (κ3) is 2.38. The van der Waals surface area contributed by atoms with E-state index < -0.39 is 0 Å². The lowest BCUT2D eigenvalue weighted by Gasteiger charge is -2.33. The van der Waals surface area contributed by atoms with Crippen molar-refractivity contribution in [1.29, 1.82) is 0 Å². The number of hydrogen-bond acceptors (Lipinski definition) is 7. The van der Waals surface area contributed by atoms with Crippen molar-refractivity contribution in [2.75, 3.05) is 25.4 Å². The van der Waals surface area contributed by atoms with Gasteiger partial charge in [-0.3, -0.25) is 4.90 Å². The van der Waals surface area contributed by atoms with E-state index in [0.717, 1.165) is 19.7 Å². The van der Waals surface area contributed by atoms with Gasteiger partial charge in [0, 0.05) is 12.6 Å². The highest BCUT2D eigenvalue weighted by atomic mass is 16.5. The molecule has 0 aromatic carbocycles. The van der Waals surface area contributed by atoms with Crippen LogP contribution in [0.5, 0.6) is 0 Å². The van der Waals surface area contributed by atoms with E-state index in [4.69, 9.17) is 15.0 Å². The molecule has 2 unspecified atom stereocenters. The van der Waals surface area contributed by atoms with Crippen molar-refractivity contribution in [3.05, 3.63) is 24.0 Å². The van der Waals surface area contributed by atoms with Crippen molar-refractivity contribution in [3.8, 4) is 11.6 Å². The third-order valence-corrected chi connectivity index (χ3v) is 4.11. The van der Waals surface area contributed by atoms with Crippen LogP contribution in [0.15, 0.2) is 22.7 Å². The number of aromatic nitrogens is 3. The first-order chi connectivity index (χ1) is 10.3. The molecule has 4 rings (SSSR count). The van der Waals surface area contributed by atoms with Crippen LogP contribution in [-0.2, 0) is 4.74 Å². The minimum absolute atomic E-state index is 0.127. The Morgan fingerprint density at radius 3 is 3.14 bits per heavy atom. The van der Waals surface area contributed by atoms with E-state index in [1.54, 1.807) is 12.1 Å². The Bertz CT molecular complexity index is 644. The number of ether oxygens (including phenoxy) is 1. The summed E-state index contributed by atoms with van der Waals surface area (Å²) in [5.41, 5.74) is 6.26. The van der Waals surface area contributed by atoms with Crippen molar-refractivity contribution < 1.29 is 9.26 Å². The number of nitrogens with two attached hydrogens (primary N) is 1. The third-order valence-electron chi connectivity index (χ3n) is 4.11. The second kappa shape index (κ2) is 5.09. The maximum absolute atomic E-state index is 5.88. The molecule has 4 heterocycles. The Balaban J connectivity index is 1.54. The van der Waals surface area contributed by atoms with E-state index in [-0.39, 0.29) is 6.10 Å². The van der Waals surface area contributed by atoms with Gasteiger partial charge in [-0.1, -0.05) is 11.2 Å². The zero-order chi connectivity index (χ0) is 14.2. The summed E-state index contributed by atoms with van der Waals surface area (Å²) in [6.45, 7) is 2.70. The van der Waals surface area contributed by atoms with Crippen LogP contribution < -0.4 is 5.73 Å². The summed E-state index contributed by atoms with van der Waals surface area (Å²) in [6, 6.07) is 5.89. The molecule has 2 N–H and O–H groups in total. The number of hydrogen-bond donors (Lipinski definition) is 1. The highest BCUT2D eigenvalue weighted by Gasteiger charge is 2.35. The summed E-state index contributed by atoms with van der Waals surface area (Å²) < 4.78 is 11.2. The number of nitrogens with zero attached hydrogens (tertiary/aromatic N) is 4. The van der Waals surface area contributed by atoms with E-state index >= 15 is 0 Å². The molecule has 2 saturated heterocycles. The van der Waals surface area contributed by atoms with Gasteiger partial charge in [0.05, 0.1) is 6.61 Å². The maximum Gasteiger partial charge on any atom is 0.276 e. The van der Waals surface area contributed by atoms with Crippen LogP contribution in [-0.4, -0.2) is 45.8 Å². The van der Waals surface area contributed by atoms with Crippen LogP contribution in [0.3, 0.4) is 0 Å². The summed E-state index contributed by atoms with van der Waals surface area (Å²) in [6.07, 6.45) is 2.33. The standard InChI is InChI=1S/C14H17N5O2/c15-12-5-1-4-10(16-12)14-17-13(18-21-14)11-7-19-6-2-3-9(19)8-20-11/h1,4-5,9,11H,2-3,6-8H2,(H2,15,16). The van der Waals surface area contributed by atoms with Crippen molar-refractivity contribution >= 4 is 5.82 Å². The number of fused-ring (bicyclic) bond motifs is 1. The number of rotatable bonds is 2. The fraction of sp³-hybridized carbons (Fsp3) is 0.500. The van der Waals surface area contributed by atoms with E-state index in [9.17, 15) is 0 Å². The molecule has 2 atom stereocenters. The molecule has 7 heteroatoms. The minimum atomic E-state index is -0.127. The SMILES string of the molecule is Nc1cccc(-c2nc(C3CN4CCCC4CO3)no2)n1. The van der Waals surface area contributed by atoms with Crippen LogP contribution in [0, 0.1) is 0 Å². The first kappa shape index (κ1) is 12.7. The van der Waals surface area contributed by atoms with Gasteiger partial charge < -0.3 is 15.0 Å². The van der Waals surface area contributed by atoms with Gasteiger partial charge in [0.2, 0.25) is 5.82 Å². The molecule has 0 bridgehead atoms. The second-order valence-electron chi connectivity index (χ2n) is 5.52. The Kier molecular flexibility index (Phi) is 3.08. The first-order valence-electron chi connectivity index (χ1n) is 7.22. The minimum Gasteiger partial charge on any atom is -0.384 e. The van der Waals surface area contributed by atoms with Crippen LogP contribution in [0.2, 0.25) is 0 Å². The smallest absolute Gasteiger partial charge is 0.276 e. The molecular weight excluding hydrogens is 270 g/mol. The number of pyridine rings is 1. The summed E-state index contributed by atoms with van der Waals surface area (Å²) in [5.74, 6) is 1.39. The monoisotopic (exact) mass is 287 g/mol. The van der Waals surface area contributed by atoms with Crippen molar-refractivity contribution in [2.24, 2.45) is 0 Å². The quantitative estimate of drug-likeness (QED) is 0.888. The zero-order valence-electron chi connectivity index (χ0n) is 11.6. The van der Waals surface area contributed by atoms with Gasteiger partial charge >= 0.3 is 0 Å². The average molecular weight is 287 g/mol. The molecule has 2 aromatic heterocycles. The molecule has 2 aromatic rings. The number of anilines is 1. The molecule has 7 nitrogen and oxygen atoms in total. The fourth-order valence-electron chi connectivity index (χ4n) is 3.01. The highest BCUT2D eigenvalue weighted by Crippen LogP contribution is 2.29. The van der Waals surface area contributed by atoms with Crippen molar-refractivity contribution in [3.63, 3.8) is 0 Å². The van der Waals surface area contributed by atoms with Gasteiger partial charge in [0.15, 0.2) is 0 Å². The topological polar surface area (TPSA) is 90.3 Å². The van der Waals surface area contributed by atoms with E-state index in [2.05, 4.69) is 20.0 Å². The molecular formula is C14H17N5O2. The molecule has 2 fully saturated rings. The van der Waals surface area contributed by atoms with Crippen LogP contribution in [0.1, 0.15) is 24.8 Å². The Hall–Kier alpha value is -1.99. The molecule has 0 amide bonds. The van der Waals surface area contributed by atoms with Crippen LogP contribution in [0.25, 0.3) is 11.6 Å². The Labute approximate surface area is 122 Å². The average Bonchev–Trinajstić information content (AvgIpc) is 3.15. The van der Waals surface area contributed by atoms with E-state index in [1.807, 2.05) is 6.07 Å². The lowest BCUT2D eigenvalue weighted by molar-refractivity contribution is -0.0548. The van der Waals surface area contributed by atoms with Crippen molar-refractivity contribution in [1.82, 2.24) is 20.0 Å². The van der Waals surface area contributed by atoms with Crippen molar-refractivity contribution in [2.45, 2.75) is 25.0 Å². The van der Waals surface area contributed by atoms with E-state index in [1.165, 1.54) is 12.8 Å². The van der Waals surface area contributed by atoms with Crippen LogP contribution in [0.4, 0.5) is 5.82 Å². The van der Waals surface area contributed by atoms with Gasteiger partial charge in [-0.15, -0.1) is 0 Å². The summed E-state index contributed by atoms with van der Waals surface area (Å²) in [4.78, 5) is 11.0. The largest absolute Gasteiger partial charge is 0.384 e. The Morgan fingerprint density at radius 1 is 1.29 bits per heavy atom. The Morgan fingerprint density at radius 2 is 2.24 bits per heavy atom. The molecule has 0 spiro atoms. The predicted molar refractivity (Wildman–Crippen MR) is 75.2 cm³/mol. The summed E-state index contributed by atoms with van der Waals surface area (Å²) >= 11 is 0. The van der Waals surface area contributed by atoms with Gasteiger partial charge in [0.25, 0.3) is 5.89 Å². The molecule has 2 aliphatic rings. The molecule has 21 heavy (non-hydrogen) atoms. The first-order valence-corrected chi connectivity index (χ1v) is 7.22. The normalized spacial score (nSPS) is 25.9. The fourth-order valence-corrected chi connectivity index (χ4v) is 3.01. The molecule has 0 saturated carbocycles. The molecule has 0 aliphatic carbocycles. The summed E-state index contributed by atoms with van der Waals surface area (Å²) in [5, 5.41) is 4.04. The summed E-state index contributed by atoms with van der Waals surface area (Å²) in [7, 11) is 0. The van der Waals surface area contributed by atoms with Crippen LogP contribution >= 0.6 is 0 Å². The predicted octanol–water partition coefficient (Wildman–Crippen LogP) is 1.25. The number of morpholine rings is 1. The second-order valence-corrected chi connectivity index (χ2v) is 5.52. The highest BCUT2D eigenvalue weighted by molar-refractivity contribution is 5.50. The number of nitrogen functional groups attached to an aromatic ring is 1. The van der Waals surface area contributed by atoms with Gasteiger partial charge in [-0.25, -0.2) is 4.98 Å². The lowest BCUT2D eigenvalue weighted by atomic mass is 10.2. The lowest BCUT2D eigenvalue weighted by Crippen LogP contribution is -2.42. The molecule has 0 radical (unpaired) electrons. The van der Waals surface area contributed by atoms with Gasteiger partial charge in [-0.2, -0.15) is 4.98 Å². The van der Waals surface area contributed by atoms with E-state index in [0.29, 0.717) is 29.3 Å². The molecule has 2 aliphatic heterocycles. The van der Waals surface area contributed by atoms with Gasteiger partial charge in [-0.05, 0) is 31.5 Å². The van der Waals surface area contributed by atoms with Gasteiger partial charge in [0.1, 0.15) is 17.6 Å². The molecule has 110 valence electrons.